The number of aryl methyl sites for hydroxylation is 1. The van der Waals surface area contributed by atoms with Gasteiger partial charge in [-0.25, -0.2) is 17.2 Å². The van der Waals surface area contributed by atoms with Gasteiger partial charge in [-0.15, -0.1) is 0 Å². The molecule has 0 bridgehead atoms. The molecule has 1 aliphatic rings. The van der Waals surface area contributed by atoms with Crippen molar-refractivity contribution in [2.75, 3.05) is 13.1 Å². The van der Waals surface area contributed by atoms with Crippen LogP contribution in [0.5, 0.6) is 0 Å². The molecule has 0 aliphatic carbocycles. The zero-order valence-electron chi connectivity index (χ0n) is 14.2. The third-order valence-electron chi connectivity index (χ3n) is 4.87. The minimum atomic E-state index is -3.60. The number of hydrogen-bond acceptors (Lipinski definition) is 2. The second-order valence-corrected chi connectivity index (χ2v) is 8.87. The van der Waals surface area contributed by atoms with Gasteiger partial charge >= 0.3 is 0 Å². The average molecular weight is 400 g/mol. The van der Waals surface area contributed by atoms with Crippen LogP contribution in [0.4, 0.5) is 8.78 Å². The van der Waals surface area contributed by atoms with Crippen molar-refractivity contribution in [3.63, 3.8) is 0 Å². The molecule has 2 aromatic rings. The summed E-state index contributed by atoms with van der Waals surface area (Å²) in [5.41, 5.74) is 0.498. The first-order valence-corrected chi connectivity index (χ1v) is 10.4. The van der Waals surface area contributed by atoms with Crippen molar-refractivity contribution in [2.45, 2.75) is 30.6 Å². The summed E-state index contributed by atoms with van der Waals surface area (Å²) in [6.07, 6.45) is 2.70. The minimum absolute atomic E-state index is 0.133. The summed E-state index contributed by atoms with van der Waals surface area (Å²) in [4.78, 5) is 0.133. The maximum atomic E-state index is 13.7. The Labute approximate surface area is 157 Å². The molecule has 1 aliphatic heterocycles. The second-order valence-electron chi connectivity index (χ2n) is 6.55. The van der Waals surface area contributed by atoms with Crippen LogP contribution in [0.25, 0.3) is 0 Å². The first kappa shape index (κ1) is 19.3. The maximum absolute atomic E-state index is 13.7. The van der Waals surface area contributed by atoms with Crippen LogP contribution in [0.3, 0.4) is 0 Å². The Bertz CT molecular complexity index is 881. The molecule has 3 nitrogen and oxygen atoms in total. The zero-order valence-corrected chi connectivity index (χ0v) is 15.7. The second kappa shape index (κ2) is 8.03. The first-order valence-electron chi connectivity index (χ1n) is 8.56. The Balaban J connectivity index is 1.58. The fourth-order valence-corrected chi connectivity index (χ4v) is 5.28. The highest BCUT2D eigenvalue weighted by atomic mass is 35.5. The monoisotopic (exact) mass is 399 g/mol. The normalized spacial score (nSPS) is 16.7. The molecule has 26 heavy (non-hydrogen) atoms. The van der Waals surface area contributed by atoms with Crippen LogP contribution in [0, 0.1) is 17.6 Å². The highest BCUT2D eigenvalue weighted by Gasteiger charge is 2.30. The molecule has 1 heterocycles. The largest absolute Gasteiger partial charge is 0.244 e. The highest BCUT2D eigenvalue weighted by Crippen LogP contribution is 2.29. The lowest BCUT2D eigenvalue weighted by Gasteiger charge is -2.31. The number of benzene rings is 2. The summed E-state index contributed by atoms with van der Waals surface area (Å²) in [6, 6.07) is 10.1. The number of sulfonamides is 1. The number of rotatable bonds is 5. The standard InChI is InChI=1S/C19H20ClF2NO2S/c20-17-3-1-2-4-19(17)26(24,25)23-11-9-14(10-12-23)5-6-15-7-8-16(21)13-18(15)22/h1-4,7-8,13-14H,5-6,9-12H2. The number of halogens is 3. The van der Waals surface area contributed by atoms with Crippen molar-refractivity contribution in [1.82, 2.24) is 4.31 Å². The molecule has 3 rings (SSSR count). The number of nitrogens with zero attached hydrogens (tertiary/aromatic N) is 1. The van der Waals surface area contributed by atoms with Crippen molar-refractivity contribution in [1.29, 1.82) is 0 Å². The molecule has 0 aromatic heterocycles. The molecule has 1 fully saturated rings. The van der Waals surface area contributed by atoms with Gasteiger partial charge in [0.05, 0.1) is 5.02 Å². The Morgan fingerprint density at radius 3 is 2.42 bits per heavy atom. The van der Waals surface area contributed by atoms with Crippen molar-refractivity contribution in [3.05, 3.63) is 64.7 Å². The van der Waals surface area contributed by atoms with E-state index < -0.39 is 21.7 Å². The molecule has 0 N–H and O–H groups in total. The number of piperidine rings is 1. The van der Waals surface area contributed by atoms with Crippen LogP contribution < -0.4 is 0 Å². The molecule has 1 saturated heterocycles. The van der Waals surface area contributed by atoms with E-state index in [0.717, 1.165) is 12.5 Å². The van der Waals surface area contributed by atoms with Crippen LogP contribution in [0.1, 0.15) is 24.8 Å². The van der Waals surface area contributed by atoms with Crippen LogP contribution in [-0.4, -0.2) is 25.8 Å². The zero-order chi connectivity index (χ0) is 18.7. The van der Waals surface area contributed by atoms with Gasteiger partial charge in [-0.2, -0.15) is 4.31 Å². The summed E-state index contributed by atoms with van der Waals surface area (Å²) < 4.78 is 53.6. The van der Waals surface area contributed by atoms with E-state index >= 15 is 0 Å². The highest BCUT2D eigenvalue weighted by molar-refractivity contribution is 7.89. The lowest BCUT2D eigenvalue weighted by molar-refractivity contribution is 0.263. The van der Waals surface area contributed by atoms with E-state index in [-0.39, 0.29) is 9.92 Å². The van der Waals surface area contributed by atoms with Crippen molar-refractivity contribution >= 4 is 21.6 Å². The molecule has 0 atom stereocenters. The fourth-order valence-electron chi connectivity index (χ4n) is 3.32. The minimum Gasteiger partial charge on any atom is -0.207 e. The van der Waals surface area contributed by atoms with E-state index in [2.05, 4.69) is 0 Å². The van der Waals surface area contributed by atoms with Gasteiger partial charge < -0.3 is 0 Å². The van der Waals surface area contributed by atoms with Crippen molar-refractivity contribution < 1.29 is 17.2 Å². The predicted octanol–water partition coefficient (Wildman–Crippen LogP) is 4.65. The van der Waals surface area contributed by atoms with Gasteiger partial charge in [0.1, 0.15) is 16.5 Å². The van der Waals surface area contributed by atoms with E-state index in [0.29, 0.717) is 43.8 Å². The molecule has 0 saturated carbocycles. The molecular weight excluding hydrogens is 380 g/mol. The molecule has 0 spiro atoms. The van der Waals surface area contributed by atoms with Gasteiger partial charge in [0.25, 0.3) is 0 Å². The molecule has 7 heteroatoms. The smallest absolute Gasteiger partial charge is 0.207 e. The molecular formula is C19H20ClF2NO2S. The van der Waals surface area contributed by atoms with E-state index in [1.54, 1.807) is 18.2 Å². The molecule has 140 valence electrons. The van der Waals surface area contributed by atoms with Crippen LogP contribution in [0.15, 0.2) is 47.4 Å². The van der Waals surface area contributed by atoms with Gasteiger partial charge in [0.15, 0.2) is 0 Å². The molecule has 0 amide bonds. The van der Waals surface area contributed by atoms with Gasteiger partial charge in [-0.05, 0) is 55.4 Å². The van der Waals surface area contributed by atoms with Gasteiger partial charge in [-0.3, -0.25) is 0 Å². The molecule has 0 radical (unpaired) electrons. The first-order chi connectivity index (χ1) is 12.4. The molecule has 0 unspecified atom stereocenters. The summed E-state index contributed by atoms with van der Waals surface area (Å²) >= 11 is 6.03. The molecule has 2 aromatic carbocycles. The van der Waals surface area contributed by atoms with E-state index in [1.807, 2.05) is 0 Å². The van der Waals surface area contributed by atoms with Crippen molar-refractivity contribution in [2.24, 2.45) is 5.92 Å². The number of hydrogen-bond donors (Lipinski definition) is 0. The summed E-state index contributed by atoms with van der Waals surface area (Å²) in [7, 11) is -3.60. The Kier molecular flexibility index (Phi) is 5.95. The van der Waals surface area contributed by atoms with Crippen LogP contribution in [-0.2, 0) is 16.4 Å². The van der Waals surface area contributed by atoms with E-state index in [1.165, 1.54) is 22.5 Å². The van der Waals surface area contributed by atoms with Crippen molar-refractivity contribution in [3.8, 4) is 0 Å². The predicted molar refractivity (Wildman–Crippen MR) is 97.6 cm³/mol. The Morgan fingerprint density at radius 1 is 1.08 bits per heavy atom. The fraction of sp³-hybridized carbons (Fsp3) is 0.368. The van der Waals surface area contributed by atoms with E-state index in [9.17, 15) is 17.2 Å². The summed E-state index contributed by atoms with van der Waals surface area (Å²) in [5.74, 6) is -0.787. The van der Waals surface area contributed by atoms with E-state index in [4.69, 9.17) is 11.6 Å². The van der Waals surface area contributed by atoms with Gasteiger partial charge in [-0.1, -0.05) is 29.8 Å². The van der Waals surface area contributed by atoms with Crippen LogP contribution >= 0.6 is 11.6 Å². The third kappa shape index (κ3) is 4.24. The summed E-state index contributed by atoms with van der Waals surface area (Å²) in [5, 5.41) is 0.224. The van der Waals surface area contributed by atoms with Crippen LogP contribution in [0.2, 0.25) is 5.02 Å². The maximum Gasteiger partial charge on any atom is 0.244 e. The Morgan fingerprint density at radius 2 is 1.77 bits per heavy atom. The average Bonchev–Trinajstić information content (AvgIpc) is 2.61. The SMILES string of the molecule is O=S(=O)(c1ccccc1Cl)N1CCC(CCc2ccc(F)cc2F)CC1. The lowest BCUT2D eigenvalue weighted by atomic mass is 9.91. The quantitative estimate of drug-likeness (QED) is 0.733. The van der Waals surface area contributed by atoms with Gasteiger partial charge in [0, 0.05) is 19.2 Å². The summed E-state index contributed by atoms with van der Waals surface area (Å²) in [6.45, 7) is 0.842. The topological polar surface area (TPSA) is 37.4 Å². The lowest BCUT2D eigenvalue weighted by Crippen LogP contribution is -2.38. The van der Waals surface area contributed by atoms with Gasteiger partial charge in [0.2, 0.25) is 10.0 Å². The third-order valence-corrected chi connectivity index (χ3v) is 7.26. The Hall–Kier alpha value is -1.50.